The number of cyclic esters (lactones) is 1. The zero-order valence-corrected chi connectivity index (χ0v) is 46.1. The molecule has 1 aromatic rings. The van der Waals surface area contributed by atoms with Crippen LogP contribution in [0.2, 0.25) is 0 Å². The predicted molar refractivity (Wildman–Crippen MR) is 268 cm³/mol. The van der Waals surface area contributed by atoms with Gasteiger partial charge in [0, 0.05) is 69.5 Å². The number of likely N-dealkylation sites (N-methyl/N-ethyl adjacent to an activating group) is 1. The first-order valence-corrected chi connectivity index (χ1v) is 27.2. The van der Waals surface area contributed by atoms with Crippen LogP contribution in [-0.4, -0.2) is 183 Å². The molecule has 0 amide bonds. The molecule has 3 unspecified atom stereocenters. The van der Waals surface area contributed by atoms with E-state index < -0.39 is 125 Å². The van der Waals surface area contributed by atoms with Crippen LogP contribution < -0.4 is 11.0 Å². The minimum atomic E-state index is -1.80. The summed E-state index contributed by atoms with van der Waals surface area (Å²) in [5.74, 6) is -2.89. The molecule has 4 heterocycles. The Bertz CT molecular complexity index is 1940. The summed E-state index contributed by atoms with van der Waals surface area (Å²) in [4.78, 5) is 19.2. The fourth-order valence-electron chi connectivity index (χ4n) is 12.1. The molecule has 414 valence electrons. The molecule has 4 aliphatic heterocycles. The van der Waals surface area contributed by atoms with Gasteiger partial charge >= 0.3 is 5.97 Å². The molecule has 1 aromatic carbocycles. The zero-order chi connectivity index (χ0) is 53.6. The van der Waals surface area contributed by atoms with Gasteiger partial charge in [-0.1, -0.05) is 45.4 Å². The van der Waals surface area contributed by atoms with Crippen LogP contribution in [0.1, 0.15) is 119 Å². The Hall–Kier alpha value is -2.28. The lowest BCUT2D eigenvalue weighted by Crippen LogP contribution is -2.91. The van der Waals surface area contributed by atoms with Crippen LogP contribution in [0.15, 0.2) is 41.1 Å². The number of nitrogens with zero attached hydrogens (tertiary/aromatic N) is 3. The first kappa shape index (κ1) is 60.6. The summed E-state index contributed by atoms with van der Waals surface area (Å²) in [5.41, 5.74) is 2.31. The van der Waals surface area contributed by atoms with Gasteiger partial charge in [-0.2, -0.15) is 0 Å². The number of carbonyl (C=O) groups is 1. The summed E-state index contributed by atoms with van der Waals surface area (Å²) in [6.45, 7) is 18.6. The second-order valence-electron chi connectivity index (χ2n) is 22.2. The largest absolute Gasteiger partial charge is 0.459 e. The van der Waals surface area contributed by atoms with Crippen LogP contribution in [0.5, 0.6) is 0 Å². The van der Waals surface area contributed by atoms with E-state index in [1.165, 1.54) is 14.0 Å². The van der Waals surface area contributed by atoms with Crippen LogP contribution in [-0.2, 0) is 44.0 Å². The molecule has 3 fully saturated rings. The van der Waals surface area contributed by atoms with E-state index >= 15 is 0 Å². The monoisotopic (exact) mass is 1050 g/mol. The normalized spacial score (nSPS) is 40.5. The van der Waals surface area contributed by atoms with Gasteiger partial charge in [0.2, 0.25) is 0 Å². The molecule has 0 radical (unpaired) electrons. The quantitative estimate of drug-likeness (QED) is 0.103. The zero-order valence-electron chi connectivity index (χ0n) is 45.3. The molecule has 20 heteroatoms. The van der Waals surface area contributed by atoms with E-state index in [0.717, 1.165) is 5.70 Å². The van der Waals surface area contributed by atoms with Crippen LogP contribution in [0, 0.1) is 23.7 Å². The SMILES string of the molecule is CC[C@H]1OC(=O)[C@H](C)C([C@H]2C[C@@](C)(OC)[C@@H](O)[C@H](C)O2)[C@H](C)[C@@H](O[C@H]2C[C@@H](N(C)CCC3=CN([C@H](CF)[C@H](OC)c4ccc(S(=O)CF)cc4)N[NH2+]3)C[C@@H](C)O2)[C@](C)(O)C[C@@H](C)CN(C)[C@H](C)C(O)[C@]1(C)O. The number of nitrogens with two attached hydrogens (primary N) is 1. The number of ether oxygens (including phenoxy) is 6. The second-order valence-corrected chi connectivity index (χ2v) is 23.6. The summed E-state index contributed by atoms with van der Waals surface area (Å²) >= 11 is 0. The Morgan fingerprint density at radius 3 is 2.26 bits per heavy atom. The van der Waals surface area contributed by atoms with Crippen LogP contribution in [0.25, 0.3) is 0 Å². The number of quaternary nitrogens is 1. The molecule has 5 rings (SSSR count). The smallest absolute Gasteiger partial charge is 0.309 e. The highest BCUT2D eigenvalue weighted by Gasteiger charge is 2.54. The van der Waals surface area contributed by atoms with Crippen molar-refractivity contribution >= 4 is 16.8 Å². The number of carbonyl (C=O) groups excluding carboxylic acids is 1. The molecule has 17 nitrogen and oxygen atoms in total. The van der Waals surface area contributed by atoms with Gasteiger partial charge < -0.3 is 58.6 Å². The molecule has 0 spiro atoms. The number of hydrogen-bond donors (Lipinski definition) is 6. The third kappa shape index (κ3) is 14.0. The molecule has 0 aliphatic carbocycles. The Kier molecular flexibility index (Phi) is 21.6. The van der Waals surface area contributed by atoms with E-state index in [0.29, 0.717) is 42.8 Å². The average Bonchev–Trinajstić information content (AvgIpc) is 3.81. The summed E-state index contributed by atoms with van der Waals surface area (Å²) in [5, 5.41) is 49.5. The lowest BCUT2D eigenvalue weighted by atomic mass is 9.68. The molecule has 0 saturated carbocycles. The van der Waals surface area contributed by atoms with E-state index in [1.807, 2.05) is 58.2 Å². The highest BCUT2D eigenvalue weighted by molar-refractivity contribution is 7.84. The van der Waals surface area contributed by atoms with Crippen molar-refractivity contribution < 1.29 is 72.1 Å². The van der Waals surface area contributed by atoms with E-state index in [2.05, 4.69) is 17.5 Å². The van der Waals surface area contributed by atoms with Gasteiger partial charge in [-0.15, -0.1) is 0 Å². The minimum absolute atomic E-state index is 0.00821. The third-order valence-electron chi connectivity index (χ3n) is 16.5. The highest BCUT2D eigenvalue weighted by Crippen LogP contribution is 2.45. The van der Waals surface area contributed by atoms with Gasteiger partial charge in [0.25, 0.3) is 0 Å². The number of alkyl halides is 2. The number of methoxy groups -OCH3 is 2. The van der Waals surface area contributed by atoms with Gasteiger partial charge in [-0.25, -0.2) is 14.2 Å². The number of aliphatic hydroxyl groups excluding tert-OH is 2. The average molecular weight is 1050 g/mol. The molecule has 72 heavy (non-hydrogen) atoms. The van der Waals surface area contributed by atoms with Crippen LogP contribution in [0.4, 0.5) is 8.78 Å². The standard InChI is InChI=1S/C52H89F2N5O12S/c1-15-42-52(10,64)46(60)34(6)58(12)27-30(2)24-50(8,63)48(32(4)44(33(5)49(62)70-42)41-25-51(9,67-14)47(61)35(7)69-41)71-43-23-38(22-31(3)68-43)57(11)21-20-37-28-59(56-55-37)40(26-53)45(66-13)36-16-18-39(19-17-36)72(65)29-54/h16-19,28,30-35,38,40-48,55-56,60-61,63-64H,15,20-27,29H2,1-14H3/p+1/t30-,31-,32+,33-,34-,35+,38+,40-,41-,42-,43+,44?,45-,46?,47+,48-,50-,51-,52-,72?/m1/s1. The van der Waals surface area contributed by atoms with Crippen LogP contribution >= 0.6 is 0 Å². The lowest BCUT2D eigenvalue weighted by Gasteiger charge is -2.51. The van der Waals surface area contributed by atoms with Gasteiger partial charge in [-0.3, -0.25) is 14.0 Å². The van der Waals surface area contributed by atoms with Gasteiger partial charge in [0.05, 0.1) is 58.5 Å². The Morgan fingerprint density at radius 2 is 1.67 bits per heavy atom. The molecule has 4 aliphatic rings. The summed E-state index contributed by atoms with van der Waals surface area (Å²) in [6, 6.07) is 4.25. The van der Waals surface area contributed by atoms with E-state index in [-0.39, 0.29) is 37.3 Å². The van der Waals surface area contributed by atoms with Crippen molar-refractivity contribution in [2.75, 3.05) is 54.1 Å². The summed E-state index contributed by atoms with van der Waals surface area (Å²) in [7, 11) is 5.20. The summed E-state index contributed by atoms with van der Waals surface area (Å²) < 4.78 is 78.1. The number of benzene rings is 1. The van der Waals surface area contributed by atoms with Crippen molar-refractivity contribution in [2.45, 2.75) is 203 Å². The van der Waals surface area contributed by atoms with Gasteiger partial charge in [0.1, 0.15) is 48.4 Å². The minimum Gasteiger partial charge on any atom is -0.459 e. The molecular formula is C52H90F2N5O12S+. The van der Waals surface area contributed by atoms with E-state index in [1.54, 1.807) is 64.1 Å². The van der Waals surface area contributed by atoms with E-state index in [4.69, 9.17) is 28.4 Å². The lowest BCUT2D eigenvalue weighted by molar-refractivity contribution is -0.679. The number of esters is 1. The first-order chi connectivity index (χ1) is 33.8. The molecule has 20 atom stereocenters. The van der Waals surface area contributed by atoms with Gasteiger partial charge in [0.15, 0.2) is 12.3 Å². The van der Waals surface area contributed by atoms with E-state index in [9.17, 15) is 38.2 Å². The topological polar surface area (TPSA) is 209 Å². The maximum atomic E-state index is 14.8. The third-order valence-corrected chi connectivity index (χ3v) is 17.5. The maximum absolute atomic E-state index is 14.8. The van der Waals surface area contributed by atoms with Crippen LogP contribution in [0.3, 0.4) is 0 Å². The second kappa shape index (κ2) is 25.7. The van der Waals surface area contributed by atoms with Crippen molar-refractivity contribution in [1.82, 2.24) is 20.3 Å². The number of hydrazine groups is 1. The Morgan fingerprint density at radius 1 is 1.00 bits per heavy atom. The highest BCUT2D eigenvalue weighted by atomic mass is 32.2. The van der Waals surface area contributed by atoms with Gasteiger partial charge in [-0.05, 0) is 104 Å². The number of nitrogens with one attached hydrogen (secondary N) is 1. The fraction of sp³-hybridized carbons (Fsp3) is 0.827. The molecule has 0 aromatic heterocycles. The Balaban J connectivity index is 1.41. The van der Waals surface area contributed by atoms with Crippen molar-refractivity contribution in [3.8, 4) is 0 Å². The number of aliphatic hydroxyl groups is 4. The number of hydrogen-bond acceptors (Lipinski definition) is 16. The maximum Gasteiger partial charge on any atom is 0.309 e. The first-order valence-electron chi connectivity index (χ1n) is 25.9. The van der Waals surface area contributed by atoms with Crippen molar-refractivity contribution in [1.29, 1.82) is 0 Å². The molecule has 7 N–H and O–H groups in total. The van der Waals surface area contributed by atoms with Crippen molar-refractivity contribution in [2.24, 2.45) is 23.7 Å². The van der Waals surface area contributed by atoms with Crippen molar-refractivity contribution in [3.05, 3.63) is 41.7 Å². The number of halogens is 2. The molecule has 0 bridgehead atoms. The Labute approximate surface area is 430 Å². The predicted octanol–water partition coefficient (Wildman–Crippen LogP) is 3.86. The molecular weight excluding hydrogens is 957 g/mol. The van der Waals surface area contributed by atoms with Crippen molar-refractivity contribution in [3.63, 3.8) is 0 Å². The number of rotatable bonds is 16. The molecule has 3 saturated heterocycles. The summed E-state index contributed by atoms with van der Waals surface area (Å²) in [6.07, 6.45) is -2.81. The fourth-order valence-corrected chi connectivity index (χ4v) is 12.6.